The van der Waals surface area contributed by atoms with Crippen molar-refractivity contribution in [3.05, 3.63) is 128 Å². The molecular weight excluding hydrogens is 609 g/mol. The van der Waals surface area contributed by atoms with Crippen molar-refractivity contribution in [3.8, 4) is 0 Å². The first-order chi connectivity index (χ1) is 23.9. The van der Waals surface area contributed by atoms with E-state index in [9.17, 15) is 9.59 Å². The van der Waals surface area contributed by atoms with Crippen LogP contribution >= 0.6 is 0 Å². The van der Waals surface area contributed by atoms with Crippen molar-refractivity contribution in [2.24, 2.45) is 0 Å². The summed E-state index contributed by atoms with van der Waals surface area (Å²) in [5, 5.41) is 0. The van der Waals surface area contributed by atoms with Crippen LogP contribution in [0.5, 0.6) is 0 Å². The maximum atomic E-state index is 13.0. The lowest BCUT2D eigenvalue weighted by Gasteiger charge is -2.18. The summed E-state index contributed by atoms with van der Waals surface area (Å²) in [5.74, 6) is -0.0311. The molecule has 1 aromatic carbocycles. The molecular formula is C48H70O2. The van der Waals surface area contributed by atoms with Crippen molar-refractivity contribution in [3.63, 3.8) is 0 Å². The van der Waals surface area contributed by atoms with Gasteiger partial charge in [-0.05, 0) is 146 Å². The van der Waals surface area contributed by atoms with Crippen molar-refractivity contribution in [2.75, 3.05) is 0 Å². The van der Waals surface area contributed by atoms with E-state index in [1.807, 2.05) is 26.0 Å². The summed E-state index contributed by atoms with van der Waals surface area (Å²) in [7, 11) is 0. The van der Waals surface area contributed by atoms with E-state index in [4.69, 9.17) is 0 Å². The Bertz CT molecular complexity index is 1490. The Morgan fingerprint density at radius 2 is 0.760 bits per heavy atom. The topological polar surface area (TPSA) is 34.1 Å². The Hall–Kier alpha value is -3.52. The van der Waals surface area contributed by atoms with Crippen LogP contribution in [0.2, 0.25) is 0 Å². The molecule has 274 valence electrons. The third kappa shape index (κ3) is 17.9. The largest absolute Gasteiger partial charge is 0.289 e. The Morgan fingerprint density at radius 1 is 0.460 bits per heavy atom. The number of fused-ring (bicyclic) bond motifs is 1. The van der Waals surface area contributed by atoms with Crippen LogP contribution in [0.15, 0.2) is 117 Å². The summed E-state index contributed by atoms with van der Waals surface area (Å²) in [6.07, 6.45) is 30.4. The third-order valence-corrected chi connectivity index (χ3v) is 9.39. The summed E-state index contributed by atoms with van der Waals surface area (Å²) in [6, 6.07) is 7.15. The predicted molar refractivity (Wildman–Crippen MR) is 221 cm³/mol. The number of rotatable bonds is 20. The second-order valence-electron chi connectivity index (χ2n) is 14.3. The van der Waals surface area contributed by atoms with Gasteiger partial charge in [0.15, 0.2) is 11.6 Å². The molecule has 0 fully saturated rings. The van der Waals surface area contributed by atoms with Crippen molar-refractivity contribution in [1.82, 2.24) is 0 Å². The highest BCUT2D eigenvalue weighted by Crippen LogP contribution is 2.28. The van der Waals surface area contributed by atoms with Crippen LogP contribution in [0.3, 0.4) is 0 Å². The predicted octanol–water partition coefficient (Wildman–Crippen LogP) is 15.1. The van der Waals surface area contributed by atoms with Gasteiger partial charge >= 0.3 is 0 Å². The highest BCUT2D eigenvalue weighted by atomic mass is 16.1. The van der Waals surface area contributed by atoms with Gasteiger partial charge in [0.25, 0.3) is 0 Å². The molecule has 2 rings (SSSR count). The fourth-order valence-corrected chi connectivity index (χ4v) is 6.01. The minimum Gasteiger partial charge on any atom is -0.289 e. The zero-order valence-corrected chi connectivity index (χ0v) is 33.9. The van der Waals surface area contributed by atoms with E-state index in [1.54, 1.807) is 19.1 Å². The summed E-state index contributed by atoms with van der Waals surface area (Å²) >= 11 is 0. The van der Waals surface area contributed by atoms with E-state index in [2.05, 4.69) is 97.9 Å². The molecule has 1 aliphatic carbocycles. The molecule has 0 saturated heterocycles. The summed E-state index contributed by atoms with van der Waals surface area (Å²) in [6.45, 7) is 23.6. The molecule has 1 aliphatic rings. The number of allylic oxidation sites excluding steroid dienone is 16. The van der Waals surface area contributed by atoms with Crippen LogP contribution in [-0.2, 0) is 0 Å². The van der Waals surface area contributed by atoms with Crippen LogP contribution in [-0.4, -0.2) is 11.6 Å². The minimum absolute atomic E-state index is 0.00832. The smallest absolute Gasteiger partial charge is 0.190 e. The van der Waals surface area contributed by atoms with Gasteiger partial charge in [-0.1, -0.05) is 120 Å². The maximum absolute atomic E-state index is 13.0. The number of hydrogen-bond donors (Lipinski definition) is 0. The van der Waals surface area contributed by atoms with E-state index in [0.717, 1.165) is 64.2 Å². The van der Waals surface area contributed by atoms with Crippen molar-refractivity contribution in [1.29, 1.82) is 0 Å². The van der Waals surface area contributed by atoms with Crippen LogP contribution < -0.4 is 0 Å². The molecule has 0 N–H and O–H groups in total. The maximum Gasteiger partial charge on any atom is 0.190 e. The normalized spacial score (nSPS) is 14.9. The number of Topliss-reactive ketones (excluding diaryl/α,β-unsaturated/α-hetero) is 2. The summed E-state index contributed by atoms with van der Waals surface area (Å²) in [4.78, 5) is 25.7. The molecule has 0 spiro atoms. The molecule has 0 bridgehead atoms. The molecule has 0 unspecified atom stereocenters. The third-order valence-electron chi connectivity index (χ3n) is 9.39. The monoisotopic (exact) mass is 679 g/mol. The van der Waals surface area contributed by atoms with E-state index in [-0.39, 0.29) is 11.6 Å². The van der Waals surface area contributed by atoms with Gasteiger partial charge < -0.3 is 0 Å². The average Bonchev–Trinajstić information content (AvgIpc) is 3.08. The fourth-order valence-electron chi connectivity index (χ4n) is 6.01. The second kappa shape index (κ2) is 25.4. The molecule has 50 heavy (non-hydrogen) atoms. The molecule has 0 heterocycles. The lowest BCUT2D eigenvalue weighted by atomic mass is 9.83. The van der Waals surface area contributed by atoms with Crippen molar-refractivity contribution in [2.45, 2.75) is 160 Å². The van der Waals surface area contributed by atoms with E-state index in [0.29, 0.717) is 28.7 Å². The van der Waals surface area contributed by atoms with Gasteiger partial charge in [-0.3, -0.25) is 9.59 Å². The first kappa shape index (κ1) is 44.5. The second-order valence-corrected chi connectivity index (χ2v) is 14.3. The molecule has 0 amide bonds. The quantitative estimate of drug-likeness (QED) is 0.129. The number of ketones is 2. The van der Waals surface area contributed by atoms with Crippen molar-refractivity contribution >= 4 is 11.6 Å². The summed E-state index contributed by atoms with van der Waals surface area (Å²) < 4.78 is 0. The summed E-state index contributed by atoms with van der Waals surface area (Å²) in [5.41, 5.74) is 12.4. The molecule has 0 aromatic heterocycles. The van der Waals surface area contributed by atoms with Gasteiger partial charge in [-0.15, -0.1) is 0 Å². The Labute approximate surface area is 308 Å². The first-order valence-electron chi connectivity index (χ1n) is 19.3. The number of carbonyl (C=O) groups excluding carboxylic acids is 2. The Kier molecular flexibility index (Phi) is 22.6. The van der Waals surface area contributed by atoms with Crippen LogP contribution in [0, 0.1) is 0 Å². The zero-order chi connectivity index (χ0) is 37.5. The lowest BCUT2D eigenvalue weighted by molar-refractivity contribution is 0.0973. The zero-order valence-electron chi connectivity index (χ0n) is 33.9. The number of carbonyl (C=O) groups is 2. The molecule has 0 atom stereocenters. The van der Waals surface area contributed by atoms with Gasteiger partial charge in [0, 0.05) is 22.3 Å². The molecule has 1 aromatic rings. The van der Waals surface area contributed by atoms with Gasteiger partial charge in [0.1, 0.15) is 0 Å². The van der Waals surface area contributed by atoms with E-state index in [1.165, 1.54) is 51.9 Å². The van der Waals surface area contributed by atoms with Gasteiger partial charge in [0.05, 0.1) is 0 Å². The molecule has 2 nitrogen and oxygen atoms in total. The number of benzene rings is 1. The standard InChI is InChI=1S/C46H64O2.C2H6/c1-34(2)18-12-19-35(3)20-13-21-36(4)22-14-23-37(5)24-15-25-38(6)26-16-27-39(7)28-17-29-40(8)32-33-42-41(9)45(47)43-30-10-11-31-44(43)46(42)48;1-2/h10-11,18,20,22,24,26,28,30-32H,12-17,19,21,23,25,27,29,33H2,1-9H3;1-2H3/b35-20+,36-22+,37-24+,38-26+,39-28+,40-32+;. The van der Waals surface area contributed by atoms with Gasteiger partial charge in [-0.25, -0.2) is 0 Å². The lowest BCUT2D eigenvalue weighted by Crippen LogP contribution is -2.20. The van der Waals surface area contributed by atoms with E-state index < -0.39 is 0 Å². The molecule has 0 aliphatic heterocycles. The average molecular weight is 679 g/mol. The van der Waals surface area contributed by atoms with Gasteiger partial charge in [0.2, 0.25) is 0 Å². The Balaban J connectivity index is 0.00000613. The van der Waals surface area contributed by atoms with Crippen molar-refractivity contribution < 1.29 is 9.59 Å². The highest BCUT2D eigenvalue weighted by molar-refractivity contribution is 6.26. The number of hydrogen-bond acceptors (Lipinski definition) is 2. The SMILES string of the molecule is CC.CC(C)=CCC/C(C)=C/CC/C(C)=C/CC/C(C)=C/CC/C(C)=C/CC/C(C)=C/CC/C(C)=C/CC1=C(C)C(=O)c2ccccc2C1=O. The highest BCUT2D eigenvalue weighted by Gasteiger charge is 2.28. The van der Waals surface area contributed by atoms with Gasteiger partial charge in [-0.2, -0.15) is 0 Å². The molecule has 0 radical (unpaired) electrons. The molecule has 2 heteroatoms. The van der Waals surface area contributed by atoms with Crippen LogP contribution in [0.1, 0.15) is 180 Å². The minimum atomic E-state index is -0.0228. The van der Waals surface area contributed by atoms with E-state index >= 15 is 0 Å². The van der Waals surface area contributed by atoms with Crippen LogP contribution in [0.4, 0.5) is 0 Å². The Morgan fingerprint density at radius 3 is 1.10 bits per heavy atom. The fraction of sp³-hybridized carbons (Fsp3) is 0.500. The first-order valence-corrected chi connectivity index (χ1v) is 19.3. The van der Waals surface area contributed by atoms with Crippen LogP contribution in [0.25, 0.3) is 0 Å². The molecule has 0 saturated carbocycles.